The molecule has 1 aromatic carbocycles. The molecule has 0 spiro atoms. The zero-order chi connectivity index (χ0) is 20.1. The molecule has 0 saturated carbocycles. The van der Waals surface area contributed by atoms with Crippen molar-refractivity contribution in [3.05, 3.63) is 59.9 Å². The van der Waals surface area contributed by atoms with Gasteiger partial charge in [0.15, 0.2) is 11.8 Å². The van der Waals surface area contributed by atoms with E-state index in [1.165, 1.54) is 5.56 Å². The second-order valence-electron chi connectivity index (χ2n) is 7.08. The van der Waals surface area contributed by atoms with Crippen molar-refractivity contribution in [1.82, 2.24) is 34.8 Å². The first-order chi connectivity index (χ1) is 13.5. The molecule has 29 heavy (non-hydrogen) atoms. The maximum Gasteiger partial charge on any atom is 0.194 e. The molecule has 2 aromatic heterocycles. The van der Waals surface area contributed by atoms with Crippen LogP contribution < -0.4 is 5.32 Å². The fraction of sp³-hybridized carbons (Fsp3) is 0.400. The highest BCUT2D eigenvalue weighted by Gasteiger charge is 2.15. The van der Waals surface area contributed by atoms with Crippen LogP contribution in [0.4, 0.5) is 0 Å². The number of aromatic nitrogens is 5. The Morgan fingerprint density at radius 2 is 1.97 bits per heavy atom. The number of rotatable bonds is 6. The summed E-state index contributed by atoms with van der Waals surface area (Å²) in [7, 11) is 5.76. The van der Waals surface area contributed by atoms with Gasteiger partial charge < -0.3 is 10.2 Å². The highest BCUT2D eigenvalue weighted by atomic mass is 127. The van der Waals surface area contributed by atoms with Gasteiger partial charge in [0, 0.05) is 45.1 Å². The van der Waals surface area contributed by atoms with Crippen LogP contribution in [-0.2, 0) is 20.1 Å². The van der Waals surface area contributed by atoms with Crippen LogP contribution >= 0.6 is 24.0 Å². The quantitative estimate of drug-likeness (QED) is 0.315. The van der Waals surface area contributed by atoms with Gasteiger partial charge in [0.1, 0.15) is 6.33 Å². The normalized spacial score (nSPS) is 11.4. The van der Waals surface area contributed by atoms with E-state index in [4.69, 9.17) is 0 Å². The number of aryl methyl sites for hydroxylation is 1. The van der Waals surface area contributed by atoms with Crippen LogP contribution in [0.5, 0.6) is 0 Å². The predicted octanol–water partition coefficient (Wildman–Crippen LogP) is 2.95. The Labute approximate surface area is 189 Å². The van der Waals surface area contributed by atoms with Gasteiger partial charge >= 0.3 is 0 Å². The van der Waals surface area contributed by atoms with Crippen molar-refractivity contribution in [1.29, 1.82) is 0 Å². The fourth-order valence-corrected chi connectivity index (χ4v) is 3.22. The Balaban J connectivity index is 0.00000300. The molecule has 0 bridgehead atoms. The largest absolute Gasteiger partial charge is 0.349 e. The van der Waals surface area contributed by atoms with E-state index in [9.17, 15) is 0 Å². The number of hydrogen-bond donors (Lipinski definition) is 1. The molecule has 0 aliphatic carbocycles. The minimum atomic E-state index is 0. The monoisotopic (exact) mass is 508 g/mol. The summed E-state index contributed by atoms with van der Waals surface area (Å²) in [6.07, 6.45) is 3.80. The maximum atomic E-state index is 4.59. The van der Waals surface area contributed by atoms with Crippen molar-refractivity contribution in [3.63, 3.8) is 0 Å². The lowest BCUT2D eigenvalue weighted by Crippen LogP contribution is -2.38. The third-order valence-corrected chi connectivity index (χ3v) is 4.52. The number of nitrogens with one attached hydrogen (secondary N) is 1. The predicted molar refractivity (Wildman–Crippen MR) is 126 cm³/mol. The van der Waals surface area contributed by atoms with E-state index >= 15 is 0 Å². The van der Waals surface area contributed by atoms with E-state index in [2.05, 4.69) is 50.5 Å². The van der Waals surface area contributed by atoms with E-state index in [1.807, 2.05) is 53.7 Å². The average molecular weight is 508 g/mol. The van der Waals surface area contributed by atoms with Crippen molar-refractivity contribution >= 4 is 29.9 Å². The van der Waals surface area contributed by atoms with Gasteiger partial charge in [-0.1, -0.05) is 32.0 Å². The van der Waals surface area contributed by atoms with Crippen molar-refractivity contribution in [2.75, 3.05) is 14.1 Å². The molecule has 3 rings (SSSR count). The summed E-state index contributed by atoms with van der Waals surface area (Å²) in [6, 6.07) is 10.1. The molecule has 0 unspecified atom stereocenters. The smallest absolute Gasteiger partial charge is 0.194 e. The summed E-state index contributed by atoms with van der Waals surface area (Å²) in [5.41, 5.74) is 3.36. The van der Waals surface area contributed by atoms with E-state index in [1.54, 1.807) is 13.4 Å². The number of nitrogens with zero attached hydrogens (tertiary/aromatic N) is 7. The van der Waals surface area contributed by atoms with Gasteiger partial charge in [-0.3, -0.25) is 14.2 Å². The van der Waals surface area contributed by atoms with Gasteiger partial charge in [0.05, 0.1) is 12.2 Å². The molecule has 0 amide bonds. The molecule has 0 aliphatic heterocycles. The second-order valence-corrected chi connectivity index (χ2v) is 7.08. The van der Waals surface area contributed by atoms with Crippen molar-refractivity contribution in [2.45, 2.75) is 32.9 Å². The molecule has 1 N–H and O–H groups in total. The minimum absolute atomic E-state index is 0. The summed E-state index contributed by atoms with van der Waals surface area (Å²) in [4.78, 5) is 6.50. The number of guanidine groups is 1. The van der Waals surface area contributed by atoms with Crippen LogP contribution in [0.15, 0.2) is 47.8 Å². The lowest BCUT2D eigenvalue weighted by atomic mass is 10.1. The Bertz CT molecular complexity index is 929. The molecule has 0 aliphatic rings. The van der Waals surface area contributed by atoms with E-state index in [0.717, 1.165) is 29.7 Å². The summed E-state index contributed by atoms with van der Waals surface area (Å²) < 4.78 is 3.84. The van der Waals surface area contributed by atoms with Gasteiger partial charge in [0.2, 0.25) is 0 Å². The first-order valence-corrected chi connectivity index (χ1v) is 9.38. The van der Waals surface area contributed by atoms with Gasteiger partial charge in [-0.2, -0.15) is 5.10 Å². The summed E-state index contributed by atoms with van der Waals surface area (Å²) in [5, 5.41) is 16.3. The summed E-state index contributed by atoms with van der Waals surface area (Å²) in [5.74, 6) is 2.00. The topological polar surface area (TPSA) is 76.2 Å². The third kappa shape index (κ3) is 5.55. The van der Waals surface area contributed by atoms with E-state index in [0.29, 0.717) is 12.5 Å². The number of benzene rings is 1. The summed E-state index contributed by atoms with van der Waals surface area (Å²) >= 11 is 0. The number of para-hydroxylation sites is 1. The molecule has 8 nitrogen and oxygen atoms in total. The molecule has 0 atom stereocenters. The lowest BCUT2D eigenvalue weighted by Gasteiger charge is -2.22. The third-order valence-electron chi connectivity index (χ3n) is 4.52. The van der Waals surface area contributed by atoms with Gasteiger partial charge in [0.25, 0.3) is 0 Å². The van der Waals surface area contributed by atoms with Gasteiger partial charge in [-0.15, -0.1) is 34.2 Å². The van der Waals surface area contributed by atoms with Crippen LogP contribution in [-0.4, -0.2) is 49.5 Å². The first-order valence-electron chi connectivity index (χ1n) is 9.38. The highest BCUT2D eigenvalue weighted by Crippen LogP contribution is 2.18. The zero-order valence-corrected chi connectivity index (χ0v) is 19.9. The van der Waals surface area contributed by atoms with Crippen molar-refractivity contribution < 1.29 is 0 Å². The molecule has 156 valence electrons. The number of hydrogen-bond acceptors (Lipinski definition) is 4. The van der Waals surface area contributed by atoms with Crippen LogP contribution in [0.25, 0.3) is 5.69 Å². The van der Waals surface area contributed by atoms with Crippen molar-refractivity contribution in [2.24, 2.45) is 12.0 Å². The molecule has 0 saturated heterocycles. The number of aliphatic imine (C=N–C) groups is 1. The standard InChI is InChI=1S/C20H28N8.HI/c1-15(2)19-16(13-27(5)25-19)12-26(4)20(21-3)22-11-18-24-23-14-28(18)17-9-7-6-8-10-17;/h6-10,13-15H,11-12H2,1-5H3,(H,21,22);1H. The lowest BCUT2D eigenvalue weighted by molar-refractivity contribution is 0.471. The van der Waals surface area contributed by atoms with E-state index in [-0.39, 0.29) is 24.0 Å². The zero-order valence-electron chi connectivity index (χ0n) is 17.6. The summed E-state index contributed by atoms with van der Waals surface area (Å²) in [6.45, 7) is 5.58. The Morgan fingerprint density at radius 3 is 2.62 bits per heavy atom. The van der Waals surface area contributed by atoms with Crippen molar-refractivity contribution in [3.8, 4) is 5.69 Å². The van der Waals surface area contributed by atoms with Crippen LogP contribution in [0.2, 0.25) is 0 Å². The van der Waals surface area contributed by atoms with Crippen LogP contribution in [0.3, 0.4) is 0 Å². The van der Waals surface area contributed by atoms with Crippen LogP contribution in [0, 0.1) is 0 Å². The second kappa shape index (κ2) is 10.4. The maximum absolute atomic E-state index is 4.59. The molecular formula is C20H29IN8. The molecule has 0 radical (unpaired) electrons. The molecule has 0 fully saturated rings. The molecule has 3 aromatic rings. The molecule has 9 heteroatoms. The van der Waals surface area contributed by atoms with Gasteiger partial charge in [-0.05, 0) is 18.1 Å². The van der Waals surface area contributed by atoms with Gasteiger partial charge in [-0.25, -0.2) is 0 Å². The minimum Gasteiger partial charge on any atom is -0.349 e. The Morgan fingerprint density at radius 1 is 1.24 bits per heavy atom. The Kier molecular flexibility index (Phi) is 8.18. The van der Waals surface area contributed by atoms with Crippen LogP contribution in [0.1, 0.15) is 36.8 Å². The fourth-order valence-electron chi connectivity index (χ4n) is 3.22. The van der Waals surface area contributed by atoms with E-state index < -0.39 is 0 Å². The molecular weight excluding hydrogens is 479 g/mol. The SMILES string of the molecule is CN=C(NCc1nncn1-c1ccccc1)N(C)Cc1cn(C)nc1C(C)C.I. The number of halogens is 1. The Hall–Kier alpha value is -2.43. The average Bonchev–Trinajstić information content (AvgIpc) is 3.29. The highest BCUT2D eigenvalue weighted by molar-refractivity contribution is 14.0. The molecule has 2 heterocycles. The first kappa shape index (κ1) is 22.9.